The van der Waals surface area contributed by atoms with E-state index in [1.807, 2.05) is 41.8 Å². The molecule has 7 heteroatoms. The van der Waals surface area contributed by atoms with Gasteiger partial charge in [0.05, 0.1) is 33.1 Å². The zero-order valence-electron chi connectivity index (χ0n) is 29.1. The van der Waals surface area contributed by atoms with Gasteiger partial charge in [-0.05, 0) is 48.0 Å². The molecule has 0 N–H and O–H groups in total. The van der Waals surface area contributed by atoms with Gasteiger partial charge in [-0.1, -0.05) is 109 Å². The maximum absolute atomic E-state index is 5.30. The molecule has 0 fully saturated rings. The van der Waals surface area contributed by atoms with Crippen molar-refractivity contribution in [2.45, 2.75) is 0 Å². The highest BCUT2D eigenvalue weighted by atomic mass is 32.1. The van der Waals surface area contributed by atoms with E-state index in [4.69, 9.17) is 19.9 Å². The van der Waals surface area contributed by atoms with E-state index >= 15 is 0 Å². The molecule has 254 valence electrons. The maximum atomic E-state index is 5.30. The molecule has 0 spiro atoms. The quantitative estimate of drug-likeness (QED) is 0.182. The predicted molar refractivity (Wildman–Crippen MR) is 227 cm³/mol. The smallest absolute Gasteiger partial charge is 0.238 e. The topological polar surface area (TPSA) is 60.9 Å². The van der Waals surface area contributed by atoms with Crippen molar-refractivity contribution in [2.75, 3.05) is 0 Å². The number of thiophene rings is 1. The third kappa shape index (κ3) is 3.92. The maximum Gasteiger partial charge on any atom is 0.238 e. The van der Waals surface area contributed by atoms with E-state index in [0.29, 0.717) is 17.6 Å². The summed E-state index contributed by atoms with van der Waals surface area (Å²) < 4.78 is 7.32. The fourth-order valence-corrected chi connectivity index (χ4v) is 10.1. The minimum absolute atomic E-state index is 0.588. The molecule has 0 unspecified atom stereocenters. The Morgan fingerprint density at radius 2 is 1.13 bits per heavy atom. The third-order valence-electron chi connectivity index (χ3n) is 11.3. The largest absolute Gasteiger partial charge is 0.308 e. The van der Waals surface area contributed by atoms with Crippen molar-refractivity contribution in [3.63, 3.8) is 0 Å². The van der Waals surface area contributed by atoms with Crippen molar-refractivity contribution in [3.8, 4) is 39.9 Å². The number of fused-ring (bicyclic) bond motifs is 5. The van der Waals surface area contributed by atoms with Crippen LogP contribution in [0.1, 0.15) is 0 Å². The van der Waals surface area contributed by atoms with Gasteiger partial charge in [-0.2, -0.15) is 9.97 Å². The summed E-state index contributed by atoms with van der Waals surface area (Å²) in [6, 6.07) is 53.7. The molecular formula is C48H26N6S. The zero-order valence-corrected chi connectivity index (χ0v) is 29.9. The van der Waals surface area contributed by atoms with Gasteiger partial charge in [-0.15, -0.1) is 11.3 Å². The molecule has 0 saturated heterocycles. The van der Waals surface area contributed by atoms with Gasteiger partial charge in [0.2, 0.25) is 5.95 Å². The van der Waals surface area contributed by atoms with E-state index in [9.17, 15) is 0 Å². The number of hydrogen-bond acceptors (Lipinski definition) is 5. The van der Waals surface area contributed by atoms with Crippen molar-refractivity contribution in [1.29, 1.82) is 0 Å². The molecule has 13 rings (SSSR count). The van der Waals surface area contributed by atoms with Crippen LogP contribution >= 0.6 is 11.3 Å². The first-order valence-corrected chi connectivity index (χ1v) is 19.2. The highest BCUT2D eigenvalue weighted by molar-refractivity contribution is 7.26. The van der Waals surface area contributed by atoms with E-state index in [0.717, 1.165) is 44.2 Å². The van der Waals surface area contributed by atoms with Crippen LogP contribution in [0.25, 0.3) is 120 Å². The highest BCUT2D eigenvalue weighted by Crippen LogP contribution is 2.50. The molecule has 0 aliphatic rings. The number of aromatic nitrogens is 6. The van der Waals surface area contributed by atoms with Crippen LogP contribution in [0.2, 0.25) is 0 Å². The van der Waals surface area contributed by atoms with Gasteiger partial charge in [0.15, 0.2) is 11.6 Å². The number of pyridine rings is 1. The Morgan fingerprint density at radius 3 is 2.02 bits per heavy atom. The summed E-state index contributed by atoms with van der Waals surface area (Å²) in [5.74, 6) is 1.83. The number of benzene rings is 7. The molecule has 0 amide bonds. The number of para-hydroxylation sites is 2. The highest BCUT2D eigenvalue weighted by Gasteiger charge is 2.26. The van der Waals surface area contributed by atoms with Crippen molar-refractivity contribution in [2.24, 2.45) is 0 Å². The summed E-state index contributed by atoms with van der Waals surface area (Å²) in [4.78, 5) is 20.4. The minimum Gasteiger partial charge on any atom is -0.308 e. The number of nitrogens with zero attached hydrogens (tertiary/aromatic N) is 6. The predicted octanol–water partition coefficient (Wildman–Crippen LogP) is 12.3. The lowest BCUT2D eigenvalue weighted by Gasteiger charge is -2.12. The van der Waals surface area contributed by atoms with Crippen LogP contribution in [0.5, 0.6) is 0 Å². The van der Waals surface area contributed by atoms with Gasteiger partial charge >= 0.3 is 0 Å². The molecule has 6 nitrogen and oxygen atoms in total. The summed E-state index contributed by atoms with van der Waals surface area (Å²) in [6.07, 6.45) is 1.85. The van der Waals surface area contributed by atoms with Crippen molar-refractivity contribution < 1.29 is 0 Å². The summed E-state index contributed by atoms with van der Waals surface area (Å²) >= 11 is 1.87. The van der Waals surface area contributed by atoms with Gasteiger partial charge in [-0.25, -0.2) is 4.98 Å². The standard InChI is InChI=1S/C48H26N6S/c1-2-9-29(10-3-1)46-50-47(30-20-18-27(19-21-30)31-14-6-11-28-12-8-26-49-44(28)31)52-48(51-46)54-36-17-7-16-35-40(36)41-37(54)23-25-38-42(41)43-39(55-38)24-22-33-32-13-4-5-15-34(32)53(35)45(33)43/h1-26H. The van der Waals surface area contributed by atoms with Crippen molar-refractivity contribution >= 4 is 91.5 Å². The summed E-state index contributed by atoms with van der Waals surface area (Å²) in [5.41, 5.74) is 10.8. The van der Waals surface area contributed by atoms with Gasteiger partial charge in [0, 0.05) is 70.0 Å². The summed E-state index contributed by atoms with van der Waals surface area (Å²) in [5, 5.41) is 8.74. The van der Waals surface area contributed by atoms with Gasteiger partial charge < -0.3 is 4.40 Å². The van der Waals surface area contributed by atoms with Crippen molar-refractivity contribution in [3.05, 3.63) is 158 Å². The average Bonchev–Trinajstić information content (AvgIpc) is 3.88. The first kappa shape index (κ1) is 29.3. The molecule has 0 aliphatic carbocycles. The average molecular weight is 719 g/mol. The van der Waals surface area contributed by atoms with Gasteiger partial charge in [0.1, 0.15) is 0 Å². The molecule has 0 radical (unpaired) electrons. The molecule has 7 aromatic carbocycles. The molecule has 0 bridgehead atoms. The molecule has 0 atom stereocenters. The molecule has 0 aliphatic heterocycles. The van der Waals surface area contributed by atoms with Crippen molar-refractivity contribution in [1.82, 2.24) is 28.9 Å². The monoisotopic (exact) mass is 718 g/mol. The van der Waals surface area contributed by atoms with Crippen LogP contribution < -0.4 is 0 Å². The van der Waals surface area contributed by atoms with Gasteiger partial charge in [-0.3, -0.25) is 9.55 Å². The van der Waals surface area contributed by atoms with Crippen LogP contribution in [0.15, 0.2) is 158 Å². The number of rotatable bonds is 4. The summed E-state index contributed by atoms with van der Waals surface area (Å²) in [6.45, 7) is 0. The van der Waals surface area contributed by atoms with E-state index in [1.165, 1.54) is 58.3 Å². The van der Waals surface area contributed by atoms with E-state index in [-0.39, 0.29) is 0 Å². The van der Waals surface area contributed by atoms with Crippen LogP contribution in [-0.4, -0.2) is 28.9 Å². The Morgan fingerprint density at radius 1 is 0.436 bits per heavy atom. The normalized spacial score (nSPS) is 12.4. The Balaban J connectivity index is 1.11. The van der Waals surface area contributed by atoms with Gasteiger partial charge in [0.25, 0.3) is 0 Å². The van der Waals surface area contributed by atoms with E-state index in [1.54, 1.807) is 0 Å². The Hall–Kier alpha value is -7.22. The molecule has 0 saturated carbocycles. The lowest BCUT2D eigenvalue weighted by molar-refractivity contribution is 0.954. The lowest BCUT2D eigenvalue weighted by atomic mass is 10.0. The SMILES string of the molecule is c1ccc(-c2nc(-c3ccc(-c4cccc5cccnc45)cc3)nc(-n3c4ccc5sc6ccc7c8ccccc8n8c9cccc3c9c4c5c6c78)n2)cc1. The van der Waals surface area contributed by atoms with Crippen LogP contribution in [0.4, 0.5) is 0 Å². The number of hydrogen-bond donors (Lipinski definition) is 0. The lowest BCUT2D eigenvalue weighted by Crippen LogP contribution is -2.06. The van der Waals surface area contributed by atoms with Crippen LogP contribution in [0.3, 0.4) is 0 Å². The Kier molecular flexibility index (Phi) is 5.69. The first-order valence-electron chi connectivity index (χ1n) is 18.4. The van der Waals surface area contributed by atoms with Crippen LogP contribution in [0, 0.1) is 0 Å². The van der Waals surface area contributed by atoms with E-state index < -0.39 is 0 Å². The van der Waals surface area contributed by atoms with Crippen LogP contribution in [-0.2, 0) is 0 Å². The Bertz CT molecular complexity index is 3650. The second kappa shape index (κ2) is 10.7. The molecular weight excluding hydrogens is 693 g/mol. The zero-order chi connectivity index (χ0) is 35.8. The van der Waals surface area contributed by atoms with E-state index in [2.05, 4.69) is 136 Å². The Labute approximate surface area is 316 Å². The second-order valence-corrected chi connectivity index (χ2v) is 15.3. The molecule has 13 aromatic rings. The third-order valence-corrected chi connectivity index (χ3v) is 12.5. The molecule has 6 heterocycles. The second-order valence-electron chi connectivity index (χ2n) is 14.2. The minimum atomic E-state index is 0.588. The fourth-order valence-electron chi connectivity index (χ4n) is 9.03. The molecule has 55 heavy (non-hydrogen) atoms. The first-order chi connectivity index (χ1) is 27.3. The molecule has 6 aromatic heterocycles. The summed E-state index contributed by atoms with van der Waals surface area (Å²) in [7, 11) is 0. The fraction of sp³-hybridized carbons (Fsp3) is 0.